The van der Waals surface area contributed by atoms with E-state index >= 15 is 0 Å². The van der Waals surface area contributed by atoms with E-state index in [-0.39, 0.29) is 11.7 Å². The van der Waals surface area contributed by atoms with Crippen molar-refractivity contribution in [2.45, 2.75) is 19.9 Å². The summed E-state index contributed by atoms with van der Waals surface area (Å²) in [5.74, 6) is 0.179. The van der Waals surface area contributed by atoms with Gasteiger partial charge < -0.3 is 5.73 Å². The molecule has 0 amide bonds. The van der Waals surface area contributed by atoms with Crippen LogP contribution in [0.3, 0.4) is 0 Å². The van der Waals surface area contributed by atoms with Crippen LogP contribution in [0.5, 0.6) is 0 Å². The Morgan fingerprint density at radius 1 is 1.06 bits per heavy atom. The van der Waals surface area contributed by atoms with Gasteiger partial charge in [-0.1, -0.05) is 56.3 Å². The zero-order chi connectivity index (χ0) is 12.4. The molecule has 1 unspecified atom stereocenters. The van der Waals surface area contributed by atoms with E-state index in [1.807, 2.05) is 56.3 Å². The number of benzene rings is 2. The van der Waals surface area contributed by atoms with E-state index < -0.39 is 6.04 Å². The molecule has 0 aliphatic rings. The Labute approximate surface area is 101 Å². The van der Waals surface area contributed by atoms with Gasteiger partial charge in [0.25, 0.3) is 0 Å². The molecule has 0 bridgehead atoms. The number of Topliss-reactive ketones (excluding diaryl/α,β-unsaturated/α-hetero) is 1. The fourth-order valence-corrected chi connectivity index (χ4v) is 1.92. The summed E-state index contributed by atoms with van der Waals surface area (Å²) in [7, 11) is 0. The minimum atomic E-state index is -0.430. The molecule has 0 aromatic heterocycles. The molecular weight excluding hydrogens is 210 g/mol. The summed E-state index contributed by atoms with van der Waals surface area (Å²) in [5, 5.41) is 2.06. The van der Waals surface area contributed by atoms with E-state index in [1.54, 1.807) is 0 Å². The lowest BCUT2D eigenvalue weighted by Gasteiger charge is -2.15. The SMILES string of the molecule is CC(C)C(N)C(=O)c1cccc2ccccc12. The number of ketones is 1. The van der Waals surface area contributed by atoms with E-state index in [1.165, 1.54) is 0 Å². The molecule has 2 N–H and O–H groups in total. The average molecular weight is 227 g/mol. The first kappa shape index (κ1) is 11.8. The molecule has 17 heavy (non-hydrogen) atoms. The zero-order valence-corrected chi connectivity index (χ0v) is 10.2. The first-order valence-electron chi connectivity index (χ1n) is 5.89. The van der Waals surface area contributed by atoms with Crippen LogP contribution in [0.2, 0.25) is 0 Å². The van der Waals surface area contributed by atoms with Gasteiger partial charge in [-0.2, -0.15) is 0 Å². The molecule has 0 fully saturated rings. The summed E-state index contributed by atoms with van der Waals surface area (Å²) < 4.78 is 0. The first-order chi connectivity index (χ1) is 8.11. The highest BCUT2D eigenvalue weighted by molar-refractivity contribution is 6.10. The average Bonchev–Trinajstić information content (AvgIpc) is 2.36. The van der Waals surface area contributed by atoms with Crippen LogP contribution in [0.15, 0.2) is 42.5 Å². The number of carbonyl (C=O) groups is 1. The molecule has 2 aromatic rings. The topological polar surface area (TPSA) is 43.1 Å². The number of hydrogen-bond acceptors (Lipinski definition) is 2. The van der Waals surface area contributed by atoms with Crippen LogP contribution in [0.4, 0.5) is 0 Å². The Bertz CT molecular complexity index is 540. The molecule has 0 saturated heterocycles. The van der Waals surface area contributed by atoms with Gasteiger partial charge in [-0.25, -0.2) is 0 Å². The maximum absolute atomic E-state index is 12.3. The van der Waals surface area contributed by atoms with Crippen molar-refractivity contribution in [3.63, 3.8) is 0 Å². The molecule has 88 valence electrons. The number of fused-ring (bicyclic) bond motifs is 1. The Balaban J connectivity index is 2.52. The van der Waals surface area contributed by atoms with Crippen molar-refractivity contribution < 1.29 is 4.79 Å². The summed E-state index contributed by atoms with van der Waals surface area (Å²) >= 11 is 0. The summed E-state index contributed by atoms with van der Waals surface area (Å²) in [5.41, 5.74) is 6.66. The zero-order valence-electron chi connectivity index (χ0n) is 10.2. The number of rotatable bonds is 3. The lowest BCUT2D eigenvalue weighted by molar-refractivity contribution is 0.0942. The molecule has 2 nitrogen and oxygen atoms in total. The van der Waals surface area contributed by atoms with E-state index in [2.05, 4.69) is 0 Å². The van der Waals surface area contributed by atoms with E-state index in [9.17, 15) is 4.79 Å². The Kier molecular flexibility index (Phi) is 3.25. The molecule has 0 heterocycles. The first-order valence-corrected chi connectivity index (χ1v) is 5.89. The van der Waals surface area contributed by atoms with Crippen molar-refractivity contribution in [2.24, 2.45) is 11.7 Å². The van der Waals surface area contributed by atoms with Crippen molar-refractivity contribution in [1.29, 1.82) is 0 Å². The van der Waals surface area contributed by atoms with Gasteiger partial charge in [0.15, 0.2) is 5.78 Å². The Morgan fingerprint density at radius 3 is 2.41 bits per heavy atom. The highest BCUT2D eigenvalue weighted by atomic mass is 16.1. The Morgan fingerprint density at radius 2 is 1.71 bits per heavy atom. The summed E-state index contributed by atoms with van der Waals surface area (Å²) in [6, 6.07) is 13.2. The summed E-state index contributed by atoms with van der Waals surface area (Å²) in [6.45, 7) is 3.93. The fourth-order valence-electron chi connectivity index (χ4n) is 1.92. The van der Waals surface area contributed by atoms with Crippen LogP contribution in [0.25, 0.3) is 10.8 Å². The van der Waals surface area contributed by atoms with Crippen molar-refractivity contribution in [3.8, 4) is 0 Å². The minimum Gasteiger partial charge on any atom is -0.321 e. The highest BCUT2D eigenvalue weighted by Crippen LogP contribution is 2.20. The maximum Gasteiger partial charge on any atom is 0.180 e. The molecular formula is C15H17NO. The normalized spacial score (nSPS) is 12.9. The van der Waals surface area contributed by atoms with Gasteiger partial charge in [0.05, 0.1) is 6.04 Å². The predicted molar refractivity (Wildman–Crippen MR) is 71.1 cm³/mol. The van der Waals surface area contributed by atoms with Crippen molar-refractivity contribution in [2.75, 3.05) is 0 Å². The molecule has 0 saturated carbocycles. The van der Waals surface area contributed by atoms with Gasteiger partial charge >= 0.3 is 0 Å². The fraction of sp³-hybridized carbons (Fsp3) is 0.267. The molecule has 0 spiro atoms. The van der Waals surface area contributed by atoms with Gasteiger partial charge in [0.1, 0.15) is 0 Å². The minimum absolute atomic E-state index is 0.0248. The van der Waals surface area contributed by atoms with Gasteiger partial charge in [0, 0.05) is 5.56 Å². The third kappa shape index (κ3) is 2.22. The van der Waals surface area contributed by atoms with Gasteiger partial charge in [-0.3, -0.25) is 4.79 Å². The van der Waals surface area contributed by atoms with Crippen molar-refractivity contribution in [1.82, 2.24) is 0 Å². The quantitative estimate of drug-likeness (QED) is 0.819. The standard InChI is InChI=1S/C15H17NO/c1-10(2)14(16)15(17)13-9-5-7-11-6-3-4-8-12(11)13/h3-10,14H,16H2,1-2H3. The third-order valence-corrected chi connectivity index (χ3v) is 3.08. The molecule has 0 aliphatic carbocycles. The van der Waals surface area contributed by atoms with Crippen LogP contribution >= 0.6 is 0 Å². The second kappa shape index (κ2) is 4.68. The molecule has 0 radical (unpaired) electrons. The van der Waals surface area contributed by atoms with Crippen LogP contribution in [0.1, 0.15) is 24.2 Å². The number of carbonyl (C=O) groups excluding carboxylic acids is 1. The van der Waals surface area contributed by atoms with Gasteiger partial charge in [0.2, 0.25) is 0 Å². The summed E-state index contributed by atoms with van der Waals surface area (Å²) in [4.78, 5) is 12.3. The lowest BCUT2D eigenvalue weighted by atomic mass is 9.92. The maximum atomic E-state index is 12.3. The molecule has 0 aliphatic heterocycles. The highest BCUT2D eigenvalue weighted by Gasteiger charge is 2.20. The molecule has 2 heteroatoms. The van der Waals surface area contributed by atoms with Crippen LogP contribution < -0.4 is 5.73 Å². The summed E-state index contributed by atoms with van der Waals surface area (Å²) in [6.07, 6.45) is 0. The van der Waals surface area contributed by atoms with E-state index in [4.69, 9.17) is 5.73 Å². The van der Waals surface area contributed by atoms with Crippen LogP contribution in [-0.2, 0) is 0 Å². The molecule has 1 atom stereocenters. The van der Waals surface area contributed by atoms with E-state index in [0.29, 0.717) is 0 Å². The van der Waals surface area contributed by atoms with Gasteiger partial charge in [-0.05, 0) is 16.7 Å². The predicted octanol–water partition coefficient (Wildman–Crippen LogP) is 3.01. The Hall–Kier alpha value is -1.67. The third-order valence-electron chi connectivity index (χ3n) is 3.08. The van der Waals surface area contributed by atoms with E-state index in [0.717, 1.165) is 16.3 Å². The van der Waals surface area contributed by atoms with Crippen molar-refractivity contribution in [3.05, 3.63) is 48.0 Å². The molecule has 2 aromatic carbocycles. The van der Waals surface area contributed by atoms with Crippen LogP contribution in [0, 0.1) is 5.92 Å². The second-order valence-corrected chi connectivity index (χ2v) is 4.66. The number of hydrogen-bond donors (Lipinski definition) is 1. The smallest absolute Gasteiger partial charge is 0.180 e. The number of nitrogens with two attached hydrogens (primary N) is 1. The second-order valence-electron chi connectivity index (χ2n) is 4.66. The monoisotopic (exact) mass is 227 g/mol. The van der Waals surface area contributed by atoms with Crippen molar-refractivity contribution >= 4 is 16.6 Å². The van der Waals surface area contributed by atoms with Gasteiger partial charge in [-0.15, -0.1) is 0 Å². The lowest BCUT2D eigenvalue weighted by Crippen LogP contribution is -2.35. The largest absolute Gasteiger partial charge is 0.321 e. The molecule has 2 rings (SSSR count). The van der Waals surface area contributed by atoms with Crippen LogP contribution in [-0.4, -0.2) is 11.8 Å².